The van der Waals surface area contributed by atoms with Crippen LogP contribution in [0.4, 0.5) is 10.5 Å². The first-order chi connectivity index (χ1) is 10.0. The quantitative estimate of drug-likeness (QED) is 0.681. The van der Waals surface area contributed by atoms with Gasteiger partial charge in [-0.2, -0.15) is 0 Å². The maximum absolute atomic E-state index is 11.2. The van der Waals surface area contributed by atoms with Crippen LogP contribution in [0, 0.1) is 0 Å². The SMILES string of the molecule is CCOC(=O)Nc1ccc(OCC(O)CNC(C)C)cc1.Cl. The van der Waals surface area contributed by atoms with E-state index in [1.807, 2.05) is 13.8 Å². The second kappa shape index (κ2) is 11.1. The van der Waals surface area contributed by atoms with Gasteiger partial charge in [0.05, 0.1) is 6.61 Å². The molecule has 1 aromatic carbocycles. The van der Waals surface area contributed by atoms with Crippen molar-refractivity contribution in [2.75, 3.05) is 25.1 Å². The van der Waals surface area contributed by atoms with Crippen LogP contribution in [0.2, 0.25) is 0 Å². The zero-order valence-electron chi connectivity index (χ0n) is 13.2. The molecule has 0 aliphatic rings. The molecule has 0 heterocycles. The number of ether oxygens (including phenoxy) is 2. The van der Waals surface area contributed by atoms with Crippen molar-refractivity contribution in [3.8, 4) is 5.75 Å². The minimum atomic E-state index is -0.565. The van der Waals surface area contributed by atoms with Gasteiger partial charge in [-0.05, 0) is 31.2 Å². The van der Waals surface area contributed by atoms with Gasteiger partial charge >= 0.3 is 6.09 Å². The number of hydrogen-bond donors (Lipinski definition) is 3. The molecule has 22 heavy (non-hydrogen) atoms. The van der Waals surface area contributed by atoms with E-state index in [1.165, 1.54) is 0 Å². The third kappa shape index (κ3) is 8.71. The number of aliphatic hydroxyl groups excluding tert-OH is 1. The van der Waals surface area contributed by atoms with E-state index in [9.17, 15) is 9.90 Å². The van der Waals surface area contributed by atoms with Gasteiger partial charge in [0.2, 0.25) is 0 Å². The Morgan fingerprint density at radius 1 is 1.27 bits per heavy atom. The van der Waals surface area contributed by atoms with Crippen molar-refractivity contribution >= 4 is 24.2 Å². The average Bonchev–Trinajstić information content (AvgIpc) is 2.44. The molecule has 0 saturated heterocycles. The monoisotopic (exact) mass is 332 g/mol. The summed E-state index contributed by atoms with van der Waals surface area (Å²) in [7, 11) is 0. The fourth-order valence-corrected chi connectivity index (χ4v) is 1.54. The zero-order valence-corrected chi connectivity index (χ0v) is 14.0. The van der Waals surface area contributed by atoms with Crippen molar-refractivity contribution in [3.63, 3.8) is 0 Å². The van der Waals surface area contributed by atoms with Gasteiger partial charge in [0.1, 0.15) is 18.5 Å². The molecule has 0 aromatic heterocycles. The molecule has 0 aliphatic carbocycles. The molecule has 1 aromatic rings. The van der Waals surface area contributed by atoms with Crippen molar-refractivity contribution in [1.82, 2.24) is 5.32 Å². The Balaban J connectivity index is 0.00000441. The van der Waals surface area contributed by atoms with Gasteiger partial charge in [-0.1, -0.05) is 13.8 Å². The van der Waals surface area contributed by atoms with Crippen LogP contribution in [0.1, 0.15) is 20.8 Å². The maximum Gasteiger partial charge on any atom is 0.411 e. The summed E-state index contributed by atoms with van der Waals surface area (Å²) < 4.78 is 10.3. The first-order valence-corrected chi connectivity index (χ1v) is 7.09. The number of anilines is 1. The molecular formula is C15H25ClN2O4. The summed E-state index contributed by atoms with van der Waals surface area (Å²) in [5, 5.41) is 15.5. The number of halogens is 1. The number of carbonyl (C=O) groups is 1. The molecule has 0 fully saturated rings. The number of rotatable bonds is 8. The third-order valence-electron chi connectivity index (χ3n) is 2.58. The summed E-state index contributed by atoms with van der Waals surface area (Å²) in [6.45, 7) is 6.81. The number of nitrogens with one attached hydrogen (secondary N) is 2. The predicted molar refractivity (Wildman–Crippen MR) is 89.0 cm³/mol. The van der Waals surface area contributed by atoms with Gasteiger partial charge in [0.25, 0.3) is 0 Å². The average molecular weight is 333 g/mol. The van der Waals surface area contributed by atoms with E-state index < -0.39 is 12.2 Å². The zero-order chi connectivity index (χ0) is 15.7. The van der Waals surface area contributed by atoms with E-state index >= 15 is 0 Å². The van der Waals surface area contributed by atoms with Crippen molar-refractivity contribution in [1.29, 1.82) is 0 Å². The molecule has 1 atom stereocenters. The topological polar surface area (TPSA) is 79.8 Å². The Morgan fingerprint density at radius 3 is 2.45 bits per heavy atom. The van der Waals surface area contributed by atoms with Crippen LogP contribution in [0.5, 0.6) is 5.75 Å². The molecule has 1 unspecified atom stereocenters. The highest BCUT2D eigenvalue weighted by atomic mass is 35.5. The molecule has 0 spiro atoms. The van der Waals surface area contributed by atoms with Crippen LogP contribution >= 0.6 is 12.4 Å². The van der Waals surface area contributed by atoms with Gasteiger partial charge in [0, 0.05) is 18.3 Å². The fraction of sp³-hybridized carbons (Fsp3) is 0.533. The second-order valence-electron chi connectivity index (χ2n) is 4.90. The Bertz CT molecular complexity index is 426. The van der Waals surface area contributed by atoms with Crippen LogP contribution in [0.3, 0.4) is 0 Å². The van der Waals surface area contributed by atoms with Gasteiger partial charge < -0.3 is 19.9 Å². The molecule has 3 N–H and O–H groups in total. The first-order valence-electron chi connectivity index (χ1n) is 7.09. The van der Waals surface area contributed by atoms with Crippen LogP contribution in [0.15, 0.2) is 24.3 Å². The highest BCUT2D eigenvalue weighted by Gasteiger charge is 2.06. The Morgan fingerprint density at radius 2 is 1.91 bits per heavy atom. The van der Waals surface area contributed by atoms with E-state index in [2.05, 4.69) is 10.6 Å². The highest BCUT2D eigenvalue weighted by Crippen LogP contribution is 2.16. The Kier molecular flexibility index (Phi) is 10.4. The molecule has 0 bridgehead atoms. The van der Waals surface area contributed by atoms with Crippen LogP contribution in [-0.4, -0.2) is 43.1 Å². The van der Waals surface area contributed by atoms with Crippen LogP contribution in [-0.2, 0) is 4.74 Å². The van der Waals surface area contributed by atoms with Crippen molar-refractivity contribution in [2.24, 2.45) is 0 Å². The molecule has 0 aliphatic heterocycles. The summed E-state index contributed by atoms with van der Waals surface area (Å²) in [4.78, 5) is 11.2. The lowest BCUT2D eigenvalue weighted by Gasteiger charge is -2.15. The lowest BCUT2D eigenvalue weighted by Crippen LogP contribution is -2.35. The van der Waals surface area contributed by atoms with Crippen LogP contribution < -0.4 is 15.4 Å². The fourth-order valence-electron chi connectivity index (χ4n) is 1.54. The highest BCUT2D eigenvalue weighted by molar-refractivity contribution is 5.85. The minimum Gasteiger partial charge on any atom is -0.491 e. The first kappa shape index (κ1) is 20.5. The molecular weight excluding hydrogens is 308 g/mol. The van der Waals surface area contributed by atoms with Crippen LogP contribution in [0.25, 0.3) is 0 Å². The normalized spacial score (nSPS) is 11.5. The standard InChI is InChI=1S/C15H24N2O4.ClH/c1-4-20-15(19)17-12-5-7-14(8-6-12)21-10-13(18)9-16-11(2)3;/h5-8,11,13,16,18H,4,9-10H2,1-3H3,(H,17,19);1H. The summed E-state index contributed by atoms with van der Waals surface area (Å²) in [6.07, 6.45) is -1.05. The smallest absolute Gasteiger partial charge is 0.411 e. The van der Waals surface area contributed by atoms with Crippen molar-refractivity contribution < 1.29 is 19.4 Å². The molecule has 1 amide bonds. The lowest BCUT2D eigenvalue weighted by molar-refractivity contribution is 0.104. The summed E-state index contributed by atoms with van der Waals surface area (Å²) in [6, 6.07) is 7.21. The molecule has 1 rings (SSSR count). The molecule has 7 heteroatoms. The van der Waals surface area contributed by atoms with Crippen molar-refractivity contribution in [3.05, 3.63) is 24.3 Å². The van der Waals surface area contributed by atoms with E-state index in [1.54, 1.807) is 31.2 Å². The molecule has 126 valence electrons. The summed E-state index contributed by atoms with van der Waals surface area (Å²) in [5.74, 6) is 0.632. The van der Waals surface area contributed by atoms with Gasteiger partial charge in [-0.3, -0.25) is 5.32 Å². The number of benzene rings is 1. The largest absolute Gasteiger partial charge is 0.491 e. The van der Waals surface area contributed by atoms with Gasteiger partial charge in [-0.15, -0.1) is 12.4 Å². The molecule has 6 nitrogen and oxygen atoms in total. The number of carbonyl (C=O) groups excluding carboxylic acids is 1. The Labute approximate surface area is 137 Å². The minimum absolute atomic E-state index is 0. The summed E-state index contributed by atoms with van der Waals surface area (Å²) >= 11 is 0. The van der Waals surface area contributed by atoms with Gasteiger partial charge in [-0.25, -0.2) is 4.79 Å². The van der Waals surface area contributed by atoms with E-state index in [0.717, 1.165) is 0 Å². The third-order valence-corrected chi connectivity index (χ3v) is 2.58. The molecule has 0 radical (unpaired) electrons. The summed E-state index contributed by atoms with van der Waals surface area (Å²) in [5.41, 5.74) is 0.628. The second-order valence-corrected chi connectivity index (χ2v) is 4.90. The number of amides is 1. The maximum atomic E-state index is 11.2. The molecule has 0 saturated carbocycles. The van der Waals surface area contributed by atoms with E-state index in [0.29, 0.717) is 30.6 Å². The van der Waals surface area contributed by atoms with E-state index in [-0.39, 0.29) is 19.0 Å². The number of aliphatic hydroxyl groups is 1. The Hall–Kier alpha value is -1.50. The van der Waals surface area contributed by atoms with Gasteiger partial charge in [0.15, 0.2) is 0 Å². The van der Waals surface area contributed by atoms with Crippen molar-refractivity contribution in [2.45, 2.75) is 32.9 Å². The lowest BCUT2D eigenvalue weighted by atomic mass is 10.3. The number of hydrogen-bond acceptors (Lipinski definition) is 5. The van der Waals surface area contributed by atoms with E-state index in [4.69, 9.17) is 9.47 Å². The predicted octanol–water partition coefficient (Wildman–Crippen LogP) is 2.41.